The van der Waals surface area contributed by atoms with Crippen molar-refractivity contribution in [2.24, 2.45) is 4.99 Å². The molecule has 0 amide bonds. The molecule has 4 aromatic heterocycles. The first kappa shape index (κ1) is 55.3. The first-order chi connectivity index (χ1) is 33.7. The van der Waals surface area contributed by atoms with E-state index in [9.17, 15) is 41.1 Å². The monoisotopic (exact) mass is 991 g/mol. The van der Waals surface area contributed by atoms with E-state index in [1.807, 2.05) is 6.07 Å². The van der Waals surface area contributed by atoms with Crippen LogP contribution in [0.2, 0.25) is 5.15 Å². The van der Waals surface area contributed by atoms with Gasteiger partial charge in [0.25, 0.3) is 12.0 Å². The molecule has 4 heterocycles. The van der Waals surface area contributed by atoms with E-state index >= 15 is 0 Å². The minimum absolute atomic E-state index is 0. The molecule has 0 spiro atoms. The Morgan fingerprint density at radius 2 is 1.14 bits per heavy atom. The summed E-state index contributed by atoms with van der Waals surface area (Å²) in [4.78, 5) is 35.3. The van der Waals surface area contributed by atoms with E-state index < -0.39 is 6.41 Å². The highest BCUT2D eigenvalue weighted by Crippen LogP contribution is 2.21. The summed E-state index contributed by atoms with van der Waals surface area (Å²) < 4.78 is 85.9. The molecule has 0 radical (unpaired) electrons. The number of nitrogens with zero attached hydrogens (tertiary/aromatic N) is 4. The van der Waals surface area contributed by atoms with Gasteiger partial charge in [0.15, 0.2) is 12.4 Å². The quantitative estimate of drug-likeness (QED) is 0.0345. The third-order valence-corrected chi connectivity index (χ3v) is 9.62. The number of nitrogens with one attached hydrogen (secondary N) is 1. The summed E-state index contributed by atoms with van der Waals surface area (Å²) in [6.45, 7) is 0. The van der Waals surface area contributed by atoms with Crippen molar-refractivity contribution in [3.63, 3.8) is 0 Å². The lowest BCUT2D eigenvalue weighted by Crippen LogP contribution is -2.23. The molecule has 17 heteroatoms. The van der Waals surface area contributed by atoms with Crippen molar-refractivity contribution in [3.8, 4) is 0 Å². The van der Waals surface area contributed by atoms with Gasteiger partial charge in [0.2, 0.25) is 0 Å². The predicted octanol–water partition coefficient (Wildman–Crippen LogP) is 12.8. The van der Waals surface area contributed by atoms with Gasteiger partial charge in [-0.3, -0.25) is 14.6 Å². The van der Waals surface area contributed by atoms with Crippen LogP contribution in [0.15, 0.2) is 193 Å². The minimum atomic E-state index is -0.640. The second-order valence-corrected chi connectivity index (χ2v) is 14.6. The lowest BCUT2D eigenvalue weighted by Gasteiger charge is -2.06. The first-order valence-electron chi connectivity index (χ1n) is 20.5. The van der Waals surface area contributed by atoms with Crippen LogP contribution in [-0.4, -0.2) is 48.1 Å². The number of hydrogen-bond donors (Lipinski definition) is 1. The van der Waals surface area contributed by atoms with Crippen LogP contribution < -0.4 is 10.3 Å². The molecule has 0 fully saturated rings. The summed E-state index contributed by atoms with van der Waals surface area (Å²) in [7, 11) is 2.97. The number of benzene rings is 6. The molecule has 0 aliphatic heterocycles. The Morgan fingerprint density at radius 1 is 0.620 bits per heavy atom. The lowest BCUT2D eigenvalue weighted by molar-refractivity contribution is -0.603. The number of aromatic nitrogens is 4. The Bertz CT molecular complexity index is 3360. The molecule has 364 valence electrons. The van der Waals surface area contributed by atoms with E-state index in [0.29, 0.717) is 43.5 Å². The summed E-state index contributed by atoms with van der Waals surface area (Å²) in [6.07, 6.45) is 10.7. The van der Waals surface area contributed by atoms with Crippen LogP contribution in [0.3, 0.4) is 0 Å². The number of aldehydes is 1. The molecule has 1 N–H and O–H groups in total. The van der Waals surface area contributed by atoms with Crippen molar-refractivity contribution in [1.29, 1.82) is 0 Å². The zero-order valence-electron chi connectivity index (χ0n) is 37.0. The predicted molar refractivity (Wildman–Crippen MR) is 266 cm³/mol. The van der Waals surface area contributed by atoms with Crippen LogP contribution in [-0.2, 0) is 9.47 Å². The number of H-pyrrole nitrogens is 1. The number of fused-ring (bicyclic) bond motifs is 4. The third kappa shape index (κ3) is 17.9. The Kier molecular flexibility index (Phi) is 22.0. The Hall–Kier alpha value is -8.31. The van der Waals surface area contributed by atoms with E-state index in [2.05, 4.69) is 19.9 Å². The maximum Gasteiger partial charge on any atom is 0.257 e. The second-order valence-electron chi connectivity index (χ2n) is 14.2. The number of ether oxygens (including phenoxy) is 2. The number of aromatic amines is 1. The average molecular weight is 992 g/mol. The molecule has 10 aromatic rings. The van der Waals surface area contributed by atoms with E-state index in [1.54, 1.807) is 85.5 Å². The van der Waals surface area contributed by atoms with Crippen LogP contribution in [0.4, 0.5) is 26.3 Å². The van der Waals surface area contributed by atoms with Crippen molar-refractivity contribution < 1.29 is 45.3 Å². The fourth-order valence-corrected chi connectivity index (χ4v) is 6.21. The topological polar surface area (TPSA) is 133 Å². The van der Waals surface area contributed by atoms with Gasteiger partial charge in [0, 0.05) is 78.4 Å². The van der Waals surface area contributed by atoms with Gasteiger partial charge < -0.3 is 19.7 Å². The van der Waals surface area contributed by atoms with Crippen LogP contribution in [0.5, 0.6) is 0 Å². The molecule has 10 rings (SSSR count). The molecule has 0 saturated carbocycles. The minimum Gasteiger partial charge on any atom is -0.619 e. The summed E-state index contributed by atoms with van der Waals surface area (Å²) in [5.41, 5.74) is 0.783. The van der Waals surface area contributed by atoms with Gasteiger partial charge in [-0.05, 0) is 118 Å². The van der Waals surface area contributed by atoms with E-state index in [0.717, 1.165) is 26.9 Å². The SMILES string of the molecule is C.COC(N=Cc1cccc(F)c1)OC.Fc1ccc2ccnc(Cl)c2c1.Fc1ccc2ccncc2c1.O=Cc1cccc(F)c1.O=c1[nH]ccc2ccc(F)cc12.[O-][n+]1ccc2ccc(F)cc2c1. The standard InChI is InChI=1S/C10H12FNO2.C9H5ClFN.2C9H6FNO.C9H6FN.C7H5FO.CH4/c1-13-10(14-2)12-7-8-4-3-5-9(11)6-8;10-9-8-5-7(11)2-1-6(8)3-4-12-9;10-9-2-1-7-3-4-11(12)6-8(7)5-9;10-7-2-1-6-3-4-11-9(12)8(6)5-7;10-9-2-1-7-3-4-11-6-8(7)5-9;8-7-3-1-2-6(4-7)5-9;/h3-7,10H,1-2H3;1-5H;1-6H;1-5H,(H,11,12);1-6H;1-5H;1H4. The van der Waals surface area contributed by atoms with E-state index in [1.165, 1.54) is 112 Å². The highest BCUT2D eigenvalue weighted by Gasteiger charge is 2.02. The second kappa shape index (κ2) is 28.2. The summed E-state index contributed by atoms with van der Waals surface area (Å²) in [6, 6.07) is 36.3. The smallest absolute Gasteiger partial charge is 0.257 e. The normalized spacial score (nSPS) is 10.3. The van der Waals surface area contributed by atoms with Crippen LogP contribution in [0.25, 0.3) is 43.1 Å². The highest BCUT2D eigenvalue weighted by molar-refractivity contribution is 6.34. The Morgan fingerprint density at radius 3 is 1.75 bits per heavy atom. The molecule has 0 unspecified atom stereocenters. The zero-order chi connectivity index (χ0) is 50.4. The molecule has 0 atom stereocenters. The molecule has 6 aromatic carbocycles. The number of hydrogen-bond acceptors (Lipinski definition) is 8. The fourth-order valence-electron chi connectivity index (χ4n) is 5.99. The van der Waals surface area contributed by atoms with Crippen LogP contribution in [0, 0.1) is 40.1 Å². The molecular weight excluding hydrogens is 948 g/mol. The van der Waals surface area contributed by atoms with Crippen molar-refractivity contribution in [2.75, 3.05) is 14.2 Å². The Balaban J connectivity index is 0.000000185. The maximum atomic E-state index is 12.7. The Labute approximate surface area is 408 Å². The van der Waals surface area contributed by atoms with Gasteiger partial charge in [-0.1, -0.05) is 67.6 Å². The van der Waals surface area contributed by atoms with Crippen molar-refractivity contribution in [2.45, 2.75) is 13.8 Å². The third-order valence-electron chi connectivity index (χ3n) is 9.32. The summed E-state index contributed by atoms with van der Waals surface area (Å²) >= 11 is 5.75. The van der Waals surface area contributed by atoms with Crippen molar-refractivity contribution >= 4 is 67.2 Å². The van der Waals surface area contributed by atoms with Gasteiger partial charge in [-0.15, -0.1) is 0 Å². The number of aliphatic imine (C=N–C) groups is 1. The molecule has 0 saturated heterocycles. The number of methoxy groups -OCH3 is 2. The molecule has 0 aliphatic carbocycles. The number of pyridine rings is 4. The molecular formula is C54H44ClF6N5O5. The van der Waals surface area contributed by atoms with Gasteiger partial charge >= 0.3 is 0 Å². The van der Waals surface area contributed by atoms with Crippen LogP contribution >= 0.6 is 11.6 Å². The van der Waals surface area contributed by atoms with Crippen molar-refractivity contribution in [1.82, 2.24) is 15.0 Å². The van der Waals surface area contributed by atoms with E-state index in [-0.39, 0.29) is 47.9 Å². The largest absolute Gasteiger partial charge is 0.619 e. The van der Waals surface area contributed by atoms with Gasteiger partial charge in [-0.25, -0.2) is 36.3 Å². The number of halogens is 7. The molecule has 0 bridgehead atoms. The van der Waals surface area contributed by atoms with Gasteiger partial charge in [0.1, 0.15) is 46.3 Å². The van der Waals surface area contributed by atoms with Gasteiger partial charge in [0.05, 0.1) is 0 Å². The average Bonchev–Trinajstić information content (AvgIpc) is 3.36. The number of carbonyl (C=O) groups excluding carboxylic acids is 1. The molecule has 71 heavy (non-hydrogen) atoms. The number of rotatable bonds is 5. The maximum absolute atomic E-state index is 12.7. The van der Waals surface area contributed by atoms with Crippen LogP contribution in [0.1, 0.15) is 23.3 Å². The van der Waals surface area contributed by atoms with E-state index in [4.69, 9.17) is 21.1 Å². The summed E-state index contributed by atoms with van der Waals surface area (Å²) in [5.74, 6) is -1.89. The first-order valence-corrected chi connectivity index (χ1v) is 20.9. The number of carbonyl (C=O) groups is 1. The fraction of sp³-hybridized carbons (Fsp3) is 0.0741. The summed E-state index contributed by atoms with van der Waals surface area (Å²) in [5, 5.41) is 17.2. The van der Waals surface area contributed by atoms with Crippen molar-refractivity contribution in [3.05, 3.63) is 250 Å². The highest BCUT2D eigenvalue weighted by atomic mass is 35.5. The van der Waals surface area contributed by atoms with Gasteiger partial charge in [-0.2, -0.15) is 4.73 Å². The zero-order valence-corrected chi connectivity index (χ0v) is 37.8. The molecule has 10 nitrogen and oxygen atoms in total. The lowest BCUT2D eigenvalue weighted by atomic mass is 10.2. The molecule has 0 aliphatic rings.